The summed E-state index contributed by atoms with van der Waals surface area (Å²) in [6.07, 6.45) is 0. The van der Waals surface area contributed by atoms with E-state index in [0.29, 0.717) is 4.47 Å². The predicted octanol–water partition coefficient (Wildman–Crippen LogP) is 1.66. The van der Waals surface area contributed by atoms with E-state index in [-0.39, 0.29) is 9.92 Å². The van der Waals surface area contributed by atoms with Gasteiger partial charge in [0.15, 0.2) is 0 Å². The number of hydroxylamine groups is 1. The van der Waals surface area contributed by atoms with Crippen LogP contribution < -0.4 is 0 Å². The Labute approximate surface area is 92.2 Å². The Bertz CT molecular complexity index is 463. The maximum Gasteiger partial charge on any atom is 0.266 e. The lowest BCUT2D eigenvalue weighted by Gasteiger charge is -2.14. The van der Waals surface area contributed by atoms with Gasteiger partial charge in [-0.2, -0.15) is 0 Å². The Hall–Kier alpha value is -0.690. The van der Waals surface area contributed by atoms with Gasteiger partial charge in [0.05, 0.1) is 12.1 Å². The SMILES string of the molecule is CON(C)S(=O)(=O)c1cc(F)ccc1Cl. The molecule has 0 atom stereocenters. The van der Waals surface area contributed by atoms with Crippen molar-refractivity contribution in [3.63, 3.8) is 0 Å². The predicted molar refractivity (Wildman–Crippen MR) is 53.4 cm³/mol. The van der Waals surface area contributed by atoms with Crippen molar-refractivity contribution >= 4 is 21.6 Å². The summed E-state index contributed by atoms with van der Waals surface area (Å²) >= 11 is 5.65. The molecule has 4 nitrogen and oxygen atoms in total. The van der Waals surface area contributed by atoms with Gasteiger partial charge in [0.25, 0.3) is 10.0 Å². The monoisotopic (exact) mass is 253 g/mol. The highest BCUT2D eigenvalue weighted by atomic mass is 35.5. The second-order valence-electron chi connectivity index (χ2n) is 2.67. The van der Waals surface area contributed by atoms with Crippen LogP contribution in [0.15, 0.2) is 23.1 Å². The Morgan fingerprint density at radius 2 is 2.07 bits per heavy atom. The van der Waals surface area contributed by atoms with Gasteiger partial charge in [-0.1, -0.05) is 16.1 Å². The molecule has 0 radical (unpaired) electrons. The molecule has 84 valence electrons. The van der Waals surface area contributed by atoms with E-state index in [2.05, 4.69) is 4.84 Å². The highest BCUT2D eigenvalue weighted by Gasteiger charge is 2.24. The van der Waals surface area contributed by atoms with Crippen molar-refractivity contribution < 1.29 is 17.6 Å². The van der Waals surface area contributed by atoms with Gasteiger partial charge in [-0.25, -0.2) is 12.8 Å². The second kappa shape index (κ2) is 4.44. The van der Waals surface area contributed by atoms with Crippen molar-refractivity contribution in [1.29, 1.82) is 0 Å². The number of nitrogens with zero attached hydrogens (tertiary/aromatic N) is 1. The zero-order valence-corrected chi connectivity index (χ0v) is 9.64. The van der Waals surface area contributed by atoms with Crippen LogP contribution in [0.1, 0.15) is 0 Å². The van der Waals surface area contributed by atoms with Crippen LogP contribution in [0, 0.1) is 5.82 Å². The fraction of sp³-hybridized carbons (Fsp3) is 0.250. The third-order valence-corrected chi connectivity index (χ3v) is 3.93. The van der Waals surface area contributed by atoms with Crippen LogP contribution in [-0.2, 0) is 14.9 Å². The topological polar surface area (TPSA) is 46.6 Å². The van der Waals surface area contributed by atoms with E-state index in [9.17, 15) is 12.8 Å². The van der Waals surface area contributed by atoms with E-state index < -0.39 is 15.8 Å². The lowest BCUT2D eigenvalue weighted by Crippen LogP contribution is -2.26. The molecule has 0 saturated heterocycles. The molecule has 1 aromatic rings. The fourth-order valence-electron chi connectivity index (χ4n) is 0.912. The maximum atomic E-state index is 12.9. The van der Waals surface area contributed by atoms with Gasteiger partial charge in [-0.05, 0) is 18.2 Å². The molecule has 0 aromatic heterocycles. The largest absolute Gasteiger partial charge is 0.288 e. The minimum atomic E-state index is -3.90. The van der Waals surface area contributed by atoms with Crippen molar-refractivity contribution in [3.05, 3.63) is 29.0 Å². The molecular formula is C8H9ClFNO3S. The smallest absolute Gasteiger partial charge is 0.266 e. The van der Waals surface area contributed by atoms with Crippen molar-refractivity contribution in [2.45, 2.75) is 4.90 Å². The molecule has 0 aliphatic carbocycles. The van der Waals surface area contributed by atoms with Gasteiger partial charge in [0.1, 0.15) is 10.7 Å². The van der Waals surface area contributed by atoms with Crippen LogP contribution in [0.2, 0.25) is 5.02 Å². The molecule has 0 spiro atoms. The number of sulfonamides is 1. The van der Waals surface area contributed by atoms with Gasteiger partial charge in [-0.15, -0.1) is 0 Å². The van der Waals surface area contributed by atoms with Crippen molar-refractivity contribution in [2.24, 2.45) is 0 Å². The summed E-state index contributed by atoms with van der Waals surface area (Å²) in [5.74, 6) is -0.678. The number of hydrogen-bond acceptors (Lipinski definition) is 3. The van der Waals surface area contributed by atoms with Crippen LogP contribution >= 0.6 is 11.6 Å². The number of halogens is 2. The Morgan fingerprint density at radius 1 is 1.47 bits per heavy atom. The molecule has 0 amide bonds. The van der Waals surface area contributed by atoms with Crippen molar-refractivity contribution in [3.8, 4) is 0 Å². The summed E-state index contributed by atoms with van der Waals surface area (Å²) < 4.78 is 36.8. The van der Waals surface area contributed by atoms with Gasteiger partial charge in [-0.3, -0.25) is 4.84 Å². The first-order chi connectivity index (χ1) is 6.89. The average Bonchev–Trinajstić information content (AvgIpc) is 2.20. The first-order valence-corrected chi connectivity index (χ1v) is 5.69. The standard InChI is InChI=1S/C8H9ClFNO3S/c1-11(14-2)15(12,13)8-5-6(10)3-4-7(8)9/h3-5H,1-2H3. The Kier molecular flexibility index (Phi) is 3.67. The summed E-state index contributed by atoms with van der Waals surface area (Å²) in [5, 5.41) is -0.0553. The van der Waals surface area contributed by atoms with Crippen LogP contribution in [-0.4, -0.2) is 27.0 Å². The zero-order chi connectivity index (χ0) is 11.6. The van der Waals surface area contributed by atoms with Crippen LogP contribution in [0.3, 0.4) is 0 Å². The molecule has 0 heterocycles. The van der Waals surface area contributed by atoms with Gasteiger partial charge in [0, 0.05) is 7.05 Å². The molecule has 0 N–H and O–H groups in total. The summed E-state index contributed by atoms with van der Waals surface area (Å²) in [4.78, 5) is 4.20. The van der Waals surface area contributed by atoms with E-state index in [1.54, 1.807) is 0 Å². The van der Waals surface area contributed by atoms with Crippen molar-refractivity contribution in [1.82, 2.24) is 4.47 Å². The average molecular weight is 254 g/mol. The van der Waals surface area contributed by atoms with Crippen molar-refractivity contribution in [2.75, 3.05) is 14.2 Å². The molecule has 0 bridgehead atoms. The molecule has 0 saturated carbocycles. The first kappa shape index (κ1) is 12.4. The molecular weight excluding hydrogens is 245 g/mol. The molecule has 1 aromatic carbocycles. The lowest BCUT2D eigenvalue weighted by atomic mass is 10.3. The van der Waals surface area contributed by atoms with E-state index in [1.807, 2.05) is 0 Å². The third-order valence-electron chi connectivity index (χ3n) is 1.77. The summed E-state index contributed by atoms with van der Waals surface area (Å²) in [7, 11) is -1.53. The molecule has 1 rings (SSSR count). The minimum Gasteiger partial charge on any atom is -0.288 e. The fourth-order valence-corrected chi connectivity index (χ4v) is 2.37. The summed E-state index contributed by atoms with van der Waals surface area (Å²) in [6, 6.07) is 3.09. The maximum absolute atomic E-state index is 12.9. The summed E-state index contributed by atoms with van der Waals surface area (Å²) in [5.41, 5.74) is 0. The highest BCUT2D eigenvalue weighted by molar-refractivity contribution is 7.89. The van der Waals surface area contributed by atoms with Gasteiger partial charge in [0.2, 0.25) is 0 Å². The molecule has 15 heavy (non-hydrogen) atoms. The molecule has 7 heteroatoms. The normalized spacial score (nSPS) is 12.1. The number of hydrogen-bond donors (Lipinski definition) is 0. The molecule has 0 fully saturated rings. The molecule has 0 unspecified atom stereocenters. The first-order valence-electron chi connectivity index (χ1n) is 3.87. The minimum absolute atomic E-state index is 0.0553. The zero-order valence-electron chi connectivity index (χ0n) is 8.07. The summed E-state index contributed by atoms with van der Waals surface area (Å²) in [6.45, 7) is 0. The van der Waals surface area contributed by atoms with Crippen LogP contribution in [0.25, 0.3) is 0 Å². The number of rotatable bonds is 3. The second-order valence-corrected chi connectivity index (χ2v) is 4.98. The highest BCUT2D eigenvalue weighted by Crippen LogP contribution is 2.24. The third kappa shape index (κ3) is 2.46. The molecule has 0 aliphatic rings. The number of benzene rings is 1. The van der Waals surface area contributed by atoms with E-state index in [4.69, 9.17) is 11.6 Å². The molecule has 0 aliphatic heterocycles. The quantitative estimate of drug-likeness (QED) is 0.770. The van der Waals surface area contributed by atoms with Gasteiger partial charge < -0.3 is 0 Å². The Balaban J connectivity index is 3.33. The lowest BCUT2D eigenvalue weighted by molar-refractivity contribution is -0.0258. The van der Waals surface area contributed by atoms with Crippen LogP contribution in [0.5, 0.6) is 0 Å². The van der Waals surface area contributed by atoms with Gasteiger partial charge >= 0.3 is 0 Å². The van der Waals surface area contributed by atoms with E-state index >= 15 is 0 Å². The van der Waals surface area contributed by atoms with E-state index in [1.165, 1.54) is 20.2 Å². The van der Waals surface area contributed by atoms with E-state index in [0.717, 1.165) is 12.1 Å². The van der Waals surface area contributed by atoms with Crippen LogP contribution in [0.4, 0.5) is 4.39 Å². The Morgan fingerprint density at radius 3 is 2.60 bits per heavy atom.